The molecular weight excluding hydrogens is 360 g/mol. The van der Waals surface area contributed by atoms with Crippen molar-refractivity contribution in [3.05, 3.63) is 5.82 Å². The highest BCUT2D eigenvalue weighted by Gasteiger charge is 2.36. The van der Waals surface area contributed by atoms with Crippen LogP contribution in [0.1, 0.15) is 77.6 Å². The summed E-state index contributed by atoms with van der Waals surface area (Å²) in [6.07, 6.45) is 6.87. The normalized spacial score (nSPS) is 20.9. The third kappa shape index (κ3) is 5.14. The van der Waals surface area contributed by atoms with Crippen molar-refractivity contribution >= 4 is 18.1 Å². The van der Waals surface area contributed by atoms with Gasteiger partial charge in [0, 0.05) is 19.6 Å². The number of carbonyl (C=O) groups excluding carboxylic acids is 2. The van der Waals surface area contributed by atoms with E-state index in [1.807, 2.05) is 20.8 Å². The number of nitrogens with one attached hydrogen (secondary N) is 2. The van der Waals surface area contributed by atoms with Crippen molar-refractivity contribution in [1.82, 2.24) is 25.0 Å². The first-order chi connectivity index (χ1) is 13.2. The average Bonchev–Trinajstić information content (AvgIpc) is 3.21. The Morgan fingerprint density at radius 1 is 1.11 bits per heavy atom. The van der Waals surface area contributed by atoms with Gasteiger partial charge >= 0.3 is 12.1 Å². The highest BCUT2D eigenvalue weighted by atomic mass is 16.6. The minimum Gasteiger partial charge on any atom is -0.444 e. The zero-order valence-corrected chi connectivity index (χ0v) is 17.3. The molecule has 0 bridgehead atoms. The van der Waals surface area contributed by atoms with E-state index in [4.69, 9.17) is 4.74 Å². The maximum Gasteiger partial charge on any atom is 0.410 e. The van der Waals surface area contributed by atoms with Crippen LogP contribution in [0.3, 0.4) is 0 Å². The van der Waals surface area contributed by atoms with Crippen molar-refractivity contribution in [2.75, 3.05) is 11.9 Å². The monoisotopic (exact) mass is 392 g/mol. The zero-order valence-electron chi connectivity index (χ0n) is 17.3. The molecule has 3 rings (SSSR count). The Balaban J connectivity index is 1.63. The molecule has 156 valence electrons. The Bertz CT molecular complexity index is 705. The van der Waals surface area contributed by atoms with E-state index in [2.05, 4.69) is 20.7 Å². The third-order valence-electron chi connectivity index (χ3n) is 5.12. The minimum atomic E-state index is -0.550. The van der Waals surface area contributed by atoms with E-state index in [0.717, 1.165) is 38.5 Å². The molecule has 1 aromatic heterocycles. The van der Waals surface area contributed by atoms with Crippen LogP contribution in [0.15, 0.2) is 0 Å². The van der Waals surface area contributed by atoms with Crippen LogP contribution in [0.5, 0.6) is 0 Å². The fourth-order valence-corrected chi connectivity index (χ4v) is 3.80. The third-order valence-corrected chi connectivity index (χ3v) is 5.12. The lowest BCUT2D eigenvalue weighted by atomic mass is 9.96. The number of aromatic nitrogens is 3. The van der Waals surface area contributed by atoms with E-state index in [1.165, 1.54) is 6.42 Å². The molecule has 1 aliphatic carbocycles. The molecule has 0 aromatic carbocycles. The fourth-order valence-electron chi connectivity index (χ4n) is 3.80. The maximum atomic E-state index is 12.5. The van der Waals surface area contributed by atoms with E-state index in [1.54, 1.807) is 16.6 Å². The molecular formula is C19H32N6O3. The molecule has 1 saturated heterocycles. The summed E-state index contributed by atoms with van der Waals surface area (Å²) in [7, 11) is 1.74. The second-order valence-electron chi connectivity index (χ2n) is 8.68. The second-order valence-corrected chi connectivity index (χ2v) is 8.68. The number of amides is 3. The average molecular weight is 393 g/mol. The Labute approximate surface area is 166 Å². The van der Waals surface area contributed by atoms with Gasteiger partial charge in [-0.05, 0) is 46.5 Å². The van der Waals surface area contributed by atoms with Gasteiger partial charge in [0.1, 0.15) is 5.60 Å². The summed E-state index contributed by atoms with van der Waals surface area (Å²) in [6.45, 7) is 6.16. The van der Waals surface area contributed by atoms with E-state index in [-0.39, 0.29) is 24.2 Å². The number of carbonyl (C=O) groups is 2. The Morgan fingerprint density at radius 3 is 2.50 bits per heavy atom. The zero-order chi connectivity index (χ0) is 20.3. The van der Waals surface area contributed by atoms with Gasteiger partial charge < -0.3 is 10.1 Å². The van der Waals surface area contributed by atoms with Gasteiger partial charge in [-0.2, -0.15) is 10.1 Å². The summed E-state index contributed by atoms with van der Waals surface area (Å²) in [4.78, 5) is 31.0. The predicted octanol–water partition coefficient (Wildman–Crippen LogP) is 3.34. The number of aryl methyl sites for hydroxylation is 1. The van der Waals surface area contributed by atoms with E-state index in [9.17, 15) is 9.59 Å². The summed E-state index contributed by atoms with van der Waals surface area (Å²) < 4.78 is 7.05. The van der Waals surface area contributed by atoms with Crippen molar-refractivity contribution < 1.29 is 14.3 Å². The number of hydrogen-bond donors (Lipinski definition) is 2. The molecule has 1 atom stereocenters. The molecule has 3 amide bonds. The number of anilines is 1. The lowest BCUT2D eigenvalue weighted by Gasteiger charge is -2.27. The molecule has 1 saturated carbocycles. The predicted molar refractivity (Wildman–Crippen MR) is 105 cm³/mol. The Hall–Kier alpha value is -2.32. The lowest BCUT2D eigenvalue weighted by molar-refractivity contribution is 0.0218. The highest BCUT2D eigenvalue weighted by Crippen LogP contribution is 2.32. The number of ether oxygens (including phenoxy) is 1. The first kappa shape index (κ1) is 20.4. The van der Waals surface area contributed by atoms with E-state index < -0.39 is 5.60 Å². The van der Waals surface area contributed by atoms with Gasteiger partial charge in [0.25, 0.3) is 0 Å². The lowest BCUT2D eigenvalue weighted by Crippen LogP contribution is -2.39. The molecule has 1 aromatic rings. The van der Waals surface area contributed by atoms with E-state index in [0.29, 0.717) is 18.3 Å². The molecule has 0 unspecified atom stereocenters. The molecule has 1 aliphatic heterocycles. The van der Waals surface area contributed by atoms with Gasteiger partial charge in [0.15, 0.2) is 5.82 Å². The van der Waals surface area contributed by atoms with Crippen LogP contribution >= 0.6 is 0 Å². The van der Waals surface area contributed by atoms with Gasteiger partial charge in [-0.15, -0.1) is 0 Å². The number of nitrogens with zero attached hydrogens (tertiary/aromatic N) is 4. The van der Waals surface area contributed by atoms with Crippen molar-refractivity contribution in [2.24, 2.45) is 7.05 Å². The van der Waals surface area contributed by atoms with Crippen LogP contribution in [-0.2, 0) is 11.8 Å². The van der Waals surface area contributed by atoms with Crippen LogP contribution in [-0.4, -0.2) is 50.0 Å². The topological polar surface area (TPSA) is 101 Å². The smallest absolute Gasteiger partial charge is 0.410 e. The van der Waals surface area contributed by atoms with E-state index >= 15 is 0 Å². The summed E-state index contributed by atoms with van der Waals surface area (Å²) >= 11 is 0. The molecule has 9 nitrogen and oxygen atoms in total. The molecule has 2 N–H and O–H groups in total. The van der Waals surface area contributed by atoms with Gasteiger partial charge in [-0.1, -0.05) is 19.3 Å². The molecule has 9 heteroatoms. The SMILES string of the molecule is Cn1nc([C@@H]2CCCN2C(=O)OC(C)(C)C)nc1NC(=O)NC1CCCCC1. The first-order valence-corrected chi connectivity index (χ1v) is 10.2. The first-order valence-electron chi connectivity index (χ1n) is 10.2. The molecule has 2 aliphatic rings. The summed E-state index contributed by atoms with van der Waals surface area (Å²) in [5.74, 6) is 0.901. The van der Waals surface area contributed by atoms with Crippen molar-refractivity contribution in [3.8, 4) is 0 Å². The van der Waals surface area contributed by atoms with Crippen molar-refractivity contribution in [3.63, 3.8) is 0 Å². The van der Waals surface area contributed by atoms with Crippen LogP contribution in [0.4, 0.5) is 15.5 Å². The van der Waals surface area contributed by atoms with Crippen LogP contribution in [0, 0.1) is 0 Å². The standard InChI is InChI=1S/C19H32N6O3/c1-19(2,3)28-18(27)25-12-8-11-14(25)15-21-16(24(4)23-15)22-17(26)20-13-9-6-5-7-10-13/h13-14H,5-12H2,1-4H3,(H2,20,21,22,23,26)/t14-/m0/s1. The number of likely N-dealkylation sites (tertiary alicyclic amines) is 1. The van der Waals surface area contributed by atoms with Crippen LogP contribution in [0.2, 0.25) is 0 Å². The van der Waals surface area contributed by atoms with Crippen LogP contribution in [0.25, 0.3) is 0 Å². The fraction of sp³-hybridized carbons (Fsp3) is 0.789. The van der Waals surface area contributed by atoms with Gasteiger partial charge in [-0.25, -0.2) is 14.3 Å². The molecule has 2 fully saturated rings. The quantitative estimate of drug-likeness (QED) is 0.821. The summed E-state index contributed by atoms with van der Waals surface area (Å²) in [5.41, 5.74) is -0.550. The van der Waals surface area contributed by atoms with Crippen molar-refractivity contribution in [2.45, 2.75) is 83.4 Å². The largest absolute Gasteiger partial charge is 0.444 e. The minimum absolute atomic E-state index is 0.221. The molecule has 0 spiro atoms. The summed E-state index contributed by atoms with van der Waals surface area (Å²) in [5, 5.41) is 10.2. The number of hydrogen-bond acceptors (Lipinski definition) is 5. The van der Waals surface area contributed by atoms with Gasteiger partial charge in [-0.3, -0.25) is 10.2 Å². The Morgan fingerprint density at radius 2 is 1.82 bits per heavy atom. The molecule has 28 heavy (non-hydrogen) atoms. The summed E-state index contributed by atoms with van der Waals surface area (Å²) in [6, 6.07) is -0.277. The molecule has 0 radical (unpaired) electrons. The Kier molecular flexibility index (Phi) is 6.10. The number of rotatable bonds is 3. The highest BCUT2D eigenvalue weighted by molar-refractivity contribution is 5.87. The maximum absolute atomic E-state index is 12.5. The van der Waals surface area contributed by atoms with Crippen LogP contribution < -0.4 is 10.6 Å². The van der Waals surface area contributed by atoms with Gasteiger partial charge in [0.05, 0.1) is 6.04 Å². The van der Waals surface area contributed by atoms with Gasteiger partial charge in [0.2, 0.25) is 5.95 Å². The van der Waals surface area contributed by atoms with Crippen molar-refractivity contribution in [1.29, 1.82) is 0 Å². The second kappa shape index (κ2) is 8.36. The molecule has 2 heterocycles. The number of urea groups is 1.